The number of rotatable bonds is 3. The number of nitrogens with zero attached hydrogens (tertiary/aromatic N) is 1. The third-order valence-corrected chi connectivity index (χ3v) is 2.97. The highest BCUT2D eigenvalue weighted by molar-refractivity contribution is 9.10. The van der Waals surface area contributed by atoms with Gasteiger partial charge in [-0.3, -0.25) is 10.1 Å². The number of fused-ring (bicyclic) bond motifs is 1. The van der Waals surface area contributed by atoms with E-state index in [0.717, 1.165) is 10.0 Å². The van der Waals surface area contributed by atoms with E-state index >= 15 is 0 Å². The molecular weight excluding hydrogens is 290 g/mol. The number of allylic oxidation sites excluding steroid dienone is 1. The molecular formula is C11H10BrNO4. The Bertz CT molecular complexity index is 498. The van der Waals surface area contributed by atoms with Gasteiger partial charge in [-0.05, 0) is 33.6 Å². The van der Waals surface area contributed by atoms with E-state index in [9.17, 15) is 10.1 Å². The fraction of sp³-hybridized carbons (Fsp3) is 0.273. The van der Waals surface area contributed by atoms with Crippen LogP contribution in [-0.4, -0.2) is 11.7 Å². The lowest BCUT2D eigenvalue weighted by atomic mass is 10.1. The maximum Gasteiger partial charge on any atom is 0.246 e. The summed E-state index contributed by atoms with van der Waals surface area (Å²) in [5, 5.41) is 10.7. The standard InChI is InChI=1S/C11H10BrNO4/c1-2-8(13(14)15)3-7-4-9(12)11-10(5-7)16-6-17-11/h3-5H,2,6H2,1H3/b8-3+. The number of nitro groups is 1. The minimum absolute atomic E-state index is 0.163. The number of ether oxygens (including phenoxy) is 2. The van der Waals surface area contributed by atoms with Crippen LogP contribution in [-0.2, 0) is 0 Å². The highest BCUT2D eigenvalue weighted by atomic mass is 79.9. The second-order valence-electron chi connectivity index (χ2n) is 3.48. The van der Waals surface area contributed by atoms with Crippen molar-refractivity contribution >= 4 is 22.0 Å². The summed E-state index contributed by atoms with van der Waals surface area (Å²) in [6, 6.07) is 3.50. The van der Waals surface area contributed by atoms with Crippen LogP contribution < -0.4 is 9.47 Å². The summed E-state index contributed by atoms with van der Waals surface area (Å²) in [6.07, 6.45) is 1.91. The molecule has 1 heterocycles. The van der Waals surface area contributed by atoms with Gasteiger partial charge in [0.15, 0.2) is 11.5 Å². The molecule has 0 unspecified atom stereocenters. The van der Waals surface area contributed by atoms with Crippen LogP contribution in [0.15, 0.2) is 22.3 Å². The van der Waals surface area contributed by atoms with E-state index in [0.29, 0.717) is 17.9 Å². The van der Waals surface area contributed by atoms with Crippen LogP contribution in [0.3, 0.4) is 0 Å². The van der Waals surface area contributed by atoms with Crippen molar-refractivity contribution in [2.24, 2.45) is 0 Å². The van der Waals surface area contributed by atoms with Gasteiger partial charge in [0.25, 0.3) is 0 Å². The zero-order valence-corrected chi connectivity index (χ0v) is 10.7. The van der Waals surface area contributed by atoms with Crippen LogP contribution in [0.2, 0.25) is 0 Å². The van der Waals surface area contributed by atoms with Gasteiger partial charge in [-0.2, -0.15) is 0 Å². The molecule has 0 saturated carbocycles. The summed E-state index contributed by atoms with van der Waals surface area (Å²) in [5.41, 5.74) is 0.880. The summed E-state index contributed by atoms with van der Waals surface area (Å²) in [5.74, 6) is 1.24. The zero-order chi connectivity index (χ0) is 12.4. The number of halogens is 1. The lowest BCUT2D eigenvalue weighted by Gasteiger charge is -2.01. The molecule has 0 bridgehead atoms. The van der Waals surface area contributed by atoms with Crippen molar-refractivity contribution in [3.63, 3.8) is 0 Å². The van der Waals surface area contributed by atoms with Crippen molar-refractivity contribution in [1.29, 1.82) is 0 Å². The Morgan fingerprint density at radius 1 is 1.59 bits per heavy atom. The molecule has 0 amide bonds. The molecule has 0 aliphatic carbocycles. The normalized spacial score (nSPS) is 13.9. The molecule has 5 nitrogen and oxygen atoms in total. The second kappa shape index (κ2) is 4.75. The Kier molecular flexibility index (Phi) is 3.33. The third kappa shape index (κ3) is 2.41. The molecule has 0 aromatic heterocycles. The molecule has 0 N–H and O–H groups in total. The lowest BCUT2D eigenvalue weighted by molar-refractivity contribution is -0.425. The SMILES string of the molecule is CC/C(=C\c1cc(Br)c2c(c1)OCO2)[N+](=O)[O-]. The van der Waals surface area contributed by atoms with Gasteiger partial charge in [0.1, 0.15) is 0 Å². The Morgan fingerprint density at radius 2 is 2.35 bits per heavy atom. The Balaban J connectivity index is 2.41. The molecule has 6 heteroatoms. The third-order valence-electron chi connectivity index (χ3n) is 2.38. The first kappa shape index (κ1) is 11.9. The van der Waals surface area contributed by atoms with Gasteiger partial charge in [0.2, 0.25) is 12.5 Å². The summed E-state index contributed by atoms with van der Waals surface area (Å²) in [6.45, 7) is 1.92. The van der Waals surface area contributed by atoms with Crippen LogP contribution in [0.25, 0.3) is 6.08 Å². The van der Waals surface area contributed by atoms with Crippen molar-refractivity contribution in [1.82, 2.24) is 0 Å². The van der Waals surface area contributed by atoms with Gasteiger partial charge in [-0.1, -0.05) is 6.92 Å². The van der Waals surface area contributed by atoms with Crippen molar-refractivity contribution < 1.29 is 14.4 Å². The molecule has 0 radical (unpaired) electrons. The van der Waals surface area contributed by atoms with E-state index in [1.807, 2.05) is 0 Å². The van der Waals surface area contributed by atoms with Crippen molar-refractivity contribution in [2.45, 2.75) is 13.3 Å². The Hall–Kier alpha value is -1.56. The molecule has 0 fully saturated rings. The summed E-state index contributed by atoms with van der Waals surface area (Å²) >= 11 is 3.34. The molecule has 1 aliphatic heterocycles. The molecule has 1 aromatic carbocycles. The molecule has 0 atom stereocenters. The summed E-state index contributed by atoms with van der Waals surface area (Å²) < 4.78 is 11.2. The van der Waals surface area contributed by atoms with Crippen LogP contribution in [0.4, 0.5) is 0 Å². The minimum atomic E-state index is -0.376. The van der Waals surface area contributed by atoms with E-state index in [1.54, 1.807) is 19.1 Å². The second-order valence-corrected chi connectivity index (χ2v) is 4.34. The lowest BCUT2D eigenvalue weighted by Crippen LogP contribution is -1.96. The van der Waals surface area contributed by atoms with Gasteiger partial charge < -0.3 is 9.47 Å². The van der Waals surface area contributed by atoms with Gasteiger partial charge in [-0.25, -0.2) is 0 Å². The highest BCUT2D eigenvalue weighted by Gasteiger charge is 2.18. The first-order valence-electron chi connectivity index (χ1n) is 5.06. The summed E-state index contributed by atoms with van der Waals surface area (Å²) in [7, 11) is 0. The van der Waals surface area contributed by atoms with E-state index in [4.69, 9.17) is 9.47 Å². The van der Waals surface area contributed by atoms with E-state index in [-0.39, 0.29) is 17.4 Å². The van der Waals surface area contributed by atoms with Gasteiger partial charge in [-0.15, -0.1) is 0 Å². The van der Waals surface area contributed by atoms with E-state index in [1.165, 1.54) is 6.08 Å². The van der Waals surface area contributed by atoms with Crippen molar-refractivity contribution in [2.75, 3.05) is 6.79 Å². The topological polar surface area (TPSA) is 61.6 Å². The summed E-state index contributed by atoms with van der Waals surface area (Å²) in [4.78, 5) is 10.3. The highest BCUT2D eigenvalue weighted by Crippen LogP contribution is 2.40. The smallest absolute Gasteiger partial charge is 0.246 e. The maximum atomic E-state index is 10.7. The van der Waals surface area contributed by atoms with Crippen molar-refractivity contribution in [3.8, 4) is 11.5 Å². The molecule has 90 valence electrons. The molecule has 1 aromatic rings. The van der Waals surface area contributed by atoms with Crippen molar-refractivity contribution in [3.05, 3.63) is 38.0 Å². The van der Waals surface area contributed by atoms with Crippen LogP contribution in [0, 0.1) is 10.1 Å². The van der Waals surface area contributed by atoms with Crippen LogP contribution >= 0.6 is 15.9 Å². The Labute approximate surface area is 106 Å². The molecule has 2 rings (SSSR count). The predicted octanol–water partition coefficient (Wildman–Crippen LogP) is 3.21. The quantitative estimate of drug-likeness (QED) is 0.635. The van der Waals surface area contributed by atoms with E-state index < -0.39 is 0 Å². The number of hydrogen-bond acceptors (Lipinski definition) is 4. The van der Waals surface area contributed by atoms with E-state index in [2.05, 4.69) is 15.9 Å². The van der Waals surface area contributed by atoms with Gasteiger partial charge in [0, 0.05) is 12.5 Å². The monoisotopic (exact) mass is 299 g/mol. The molecule has 0 saturated heterocycles. The number of benzene rings is 1. The largest absolute Gasteiger partial charge is 0.454 e. The van der Waals surface area contributed by atoms with Crippen LogP contribution in [0.5, 0.6) is 11.5 Å². The first-order chi connectivity index (χ1) is 8.11. The maximum absolute atomic E-state index is 10.7. The van der Waals surface area contributed by atoms with Gasteiger partial charge in [0.05, 0.1) is 9.40 Å². The minimum Gasteiger partial charge on any atom is -0.454 e. The fourth-order valence-electron chi connectivity index (χ4n) is 1.55. The average molecular weight is 300 g/mol. The predicted molar refractivity (Wildman–Crippen MR) is 65.5 cm³/mol. The zero-order valence-electron chi connectivity index (χ0n) is 9.10. The van der Waals surface area contributed by atoms with Gasteiger partial charge >= 0.3 is 0 Å². The fourth-order valence-corrected chi connectivity index (χ4v) is 2.12. The molecule has 0 spiro atoms. The molecule has 17 heavy (non-hydrogen) atoms. The average Bonchev–Trinajstić information content (AvgIpc) is 2.74. The molecule has 1 aliphatic rings. The number of hydrogen-bond donors (Lipinski definition) is 0. The van der Waals surface area contributed by atoms with Crippen LogP contribution in [0.1, 0.15) is 18.9 Å². The first-order valence-corrected chi connectivity index (χ1v) is 5.85. The Morgan fingerprint density at radius 3 is 3.00 bits per heavy atom.